The second-order valence-corrected chi connectivity index (χ2v) is 7.76. The van der Waals surface area contributed by atoms with Crippen molar-refractivity contribution in [2.75, 3.05) is 0 Å². The third kappa shape index (κ3) is 3.92. The highest BCUT2D eigenvalue weighted by atomic mass is 35.5. The number of carbonyl (C=O) groups excluding carboxylic acids is 1. The molecule has 28 heavy (non-hydrogen) atoms. The maximum absolute atomic E-state index is 13.0. The molecule has 2 aromatic carbocycles. The van der Waals surface area contributed by atoms with E-state index in [2.05, 4.69) is 17.5 Å². The molecule has 0 bridgehead atoms. The lowest BCUT2D eigenvalue weighted by molar-refractivity contribution is 0.0956. The lowest BCUT2D eigenvalue weighted by Gasteiger charge is -2.18. The molecule has 1 aromatic heterocycles. The average Bonchev–Trinajstić information content (AvgIpc) is 2.72. The standard InChI is InChI=1S/C23H22ClN3O/c1-15-10-12-16(13-11-15)26-27-23(28)19-14-22(18-7-2-4-8-20(18)24)25-21-9-5-3-6-17(19)21/h2-9,14-15H,10-13H2,1H3,(H,27,28). The molecule has 1 fully saturated rings. The van der Waals surface area contributed by atoms with Crippen molar-refractivity contribution in [2.24, 2.45) is 11.0 Å². The number of carbonyl (C=O) groups is 1. The molecule has 142 valence electrons. The molecule has 3 aromatic rings. The molecule has 0 unspecified atom stereocenters. The van der Waals surface area contributed by atoms with E-state index >= 15 is 0 Å². The molecule has 1 aliphatic carbocycles. The largest absolute Gasteiger partial charge is 0.272 e. The normalized spacial score (nSPS) is 16.8. The molecule has 5 heteroatoms. The summed E-state index contributed by atoms with van der Waals surface area (Å²) in [6, 6.07) is 16.9. The van der Waals surface area contributed by atoms with E-state index in [0.717, 1.165) is 53.8 Å². The summed E-state index contributed by atoms with van der Waals surface area (Å²) in [5.74, 6) is 0.509. The van der Waals surface area contributed by atoms with Gasteiger partial charge in [0.05, 0.1) is 16.8 Å². The van der Waals surface area contributed by atoms with Gasteiger partial charge in [0.2, 0.25) is 0 Å². The van der Waals surface area contributed by atoms with E-state index in [1.54, 1.807) is 6.07 Å². The number of pyridine rings is 1. The Morgan fingerprint density at radius 2 is 1.82 bits per heavy atom. The van der Waals surface area contributed by atoms with Crippen LogP contribution < -0.4 is 5.43 Å². The molecule has 1 amide bonds. The van der Waals surface area contributed by atoms with Crippen LogP contribution in [0, 0.1) is 5.92 Å². The second kappa shape index (κ2) is 8.11. The fourth-order valence-corrected chi connectivity index (χ4v) is 3.80. The Morgan fingerprint density at radius 1 is 1.11 bits per heavy atom. The summed E-state index contributed by atoms with van der Waals surface area (Å²) in [7, 11) is 0. The highest BCUT2D eigenvalue weighted by Gasteiger charge is 2.17. The smallest absolute Gasteiger partial charge is 0.267 e. The quantitative estimate of drug-likeness (QED) is 0.569. The van der Waals surface area contributed by atoms with Gasteiger partial charge in [0, 0.05) is 21.7 Å². The lowest BCUT2D eigenvalue weighted by Crippen LogP contribution is -2.22. The summed E-state index contributed by atoms with van der Waals surface area (Å²) in [6.45, 7) is 2.26. The molecule has 4 rings (SSSR count). The van der Waals surface area contributed by atoms with Crippen LogP contribution in [0.5, 0.6) is 0 Å². The lowest BCUT2D eigenvalue weighted by atomic mass is 9.90. The van der Waals surface area contributed by atoms with Gasteiger partial charge in [-0.1, -0.05) is 54.9 Å². The van der Waals surface area contributed by atoms with Gasteiger partial charge in [-0.2, -0.15) is 5.10 Å². The number of para-hydroxylation sites is 1. The monoisotopic (exact) mass is 391 g/mol. The van der Waals surface area contributed by atoms with Gasteiger partial charge in [-0.05, 0) is 49.8 Å². The first-order valence-corrected chi connectivity index (χ1v) is 10.00. The van der Waals surface area contributed by atoms with Crippen molar-refractivity contribution in [1.82, 2.24) is 10.4 Å². The zero-order valence-electron chi connectivity index (χ0n) is 15.8. The summed E-state index contributed by atoms with van der Waals surface area (Å²) in [5.41, 5.74) is 6.60. The Bertz CT molecular complexity index is 1050. The van der Waals surface area contributed by atoms with Crippen LogP contribution in [-0.2, 0) is 0 Å². The van der Waals surface area contributed by atoms with Crippen LogP contribution >= 0.6 is 11.6 Å². The predicted octanol–water partition coefficient (Wildman–Crippen LogP) is 5.85. The van der Waals surface area contributed by atoms with Gasteiger partial charge in [-0.15, -0.1) is 0 Å². The molecule has 0 radical (unpaired) electrons. The Kier molecular flexibility index (Phi) is 5.40. The van der Waals surface area contributed by atoms with E-state index in [0.29, 0.717) is 16.3 Å². The number of nitrogens with one attached hydrogen (secondary N) is 1. The summed E-state index contributed by atoms with van der Waals surface area (Å²) in [4.78, 5) is 17.7. The van der Waals surface area contributed by atoms with Crippen molar-refractivity contribution >= 4 is 34.1 Å². The summed E-state index contributed by atoms with van der Waals surface area (Å²) < 4.78 is 0. The second-order valence-electron chi connectivity index (χ2n) is 7.35. The van der Waals surface area contributed by atoms with Crippen LogP contribution in [0.1, 0.15) is 43.0 Å². The molecule has 0 spiro atoms. The highest BCUT2D eigenvalue weighted by molar-refractivity contribution is 6.33. The fraction of sp³-hybridized carbons (Fsp3) is 0.261. The zero-order valence-corrected chi connectivity index (χ0v) is 16.5. The SMILES string of the molecule is CC1CCC(=NNC(=O)c2cc(-c3ccccc3Cl)nc3ccccc23)CC1. The number of hydrogen-bond acceptors (Lipinski definition) is 3. The van der Waals surface area contributed by atoms with Crippen LogP contribution in [0.25, 0.3) is 22.2 Å². The summed E-state index contributed by atoms with van der Waals surface area (Å²) in [6.07, 6.45) is 4.15. The Balaban J connectivity index is 1.70. The fourth-order valence-electron chi connectivity index (χ4n) is 3.57. The minimum absolute atomic E-state index is 0.224. The number of rotatable bonds is 3. The minimum Gasteiger partial charge on any atom is -0.267 e. The zero-order chi connectivity index (χ0) is 19.5. The first kappa shape index (κ1) is 18.6. The van der Waals surface area contributed by atoms with Crippen LogP contribution in [0.4, 0.5) is 0 Å². The first-order valence-electron chi connectivity index (χ1n) is 9.62. The topological polar surface area (TPSA) is 54.4 Å². The molecule has 1 saturated carbocycles. The maximum atomic E-state index is 13.0. The molecule has 1 N–H and O–H groups in total. The van der Waals surface area contributed by atoms with E-state index in [1.807, 2.05) is 48.5 Å². The minimum atomic E-state index is -0.224. The van der Waals surface area contributed by atoms with Crippen LogP contribution in [-0.4, -0.2) is 16.6 Å². The van der Waals surface area contributed by atoms with Crippen molar-refractivity contribution in [3.05, 3.63) is 65.2 Å². The summed E-state index contributed by atoms with van der Waals surface area (Å²) in [5, 5.41) is 5.80. The first-order chi connectivity index (χ1) is 13.6. The number of nitrogens with zero attached hydrogens (tertiary/aromatic N) is 2. The molecule has 0 atom stereocenters. The van der Waals surface area contributed by atoms with E-state index in [9.17, 15) is 4.79 Å². The summed E-state index contributed by atoms with van der Waals surface area (Å²) >= 11 is 6.35. The molecular weight excluding hydrogens is 370 g/mol. The molecule has 1 heterocycles. The Labute approximate surface area is 169 Å². The van der Waals surface area contributed by atoms with Gasteiger partial charge in [0.1, 0.15) is 0 Å². The van der Waals surface area contributed by atoms with E-state index in [4.69, 9.17) is 16.6 Å². The van der Waals surface area contributed by atoms with Gasteiger partial charge in [0.15, 0.2) is 0 Å². The number of hydrogen-bond donors (Lipinski definition) is 1. The van der Waals surface area contributed by atoms with Crippen molar-refractivity contribution < 1.29 is 4.79 Å². The molecular formula is C23H22ClN3O. The van der Waals surface area contributed by atoms with Gasteiger partial charge in [-0.25, -0.2) is 10.4 Å². The molecule has 0 aliphatic heterocycles. The van der Waals surface area contributed by atoms with Crippen LogP contribution in [0.15, 0.2) is 59.7 Å². The molecule has 0 saturated heterocycles. The maximum Gasteiger partial charge on any atom is 0.272 e. The third-order valence-corrected chi connectivity index (χ3v) is 5.61. The third-order valence-electron chi connectivity index (χ3n) is 5.28. The van der Waals surface area contributed by atoms with Crippen molar-refractivity contribution in [3.63, 3.8) is 0 Å². The van der Waals surface area contributed by atoms with Gasteiger partial charge in [0.25, 0.3) is 5.91 Å². The van der Waals surface area contributed by atoms with E-state index in [-0.39, 0.29) is 5.91 Å². The van der Waals surface area contributed by atoms with Crippen molar-refractivity contribution in [3.8, 4) is 11.3 Å². The highest BCUT2D eigenvalue weighted by Crippen LogP contribution is 2.29. The number of aromatic nitrogens is 1. The molecule has 1 aliphatic rings. The predicted molar refractivity (Wildman–Crippen MR) is 115 cm³/mol. The Morgan fingerprint density at radius 3 is 2.61 bits per heavy atom. The molecule has 4 nitrogen and oxygen atoms in total. The van der Waals surface area contributed by atoms with Crippen LogP contribution in [0.2, 0.25) is 5.02 Å². The van der Waals surface area contributed by atoms with Gasteiger partial charge in [-0.3, -0.25) is 4.79 Å². The van der Waals surface area contributed by atoms with Crippen molar-refractivity contribution in [1.29, 1.82) is 0 Å². The Hall–Kier alpha value is -2.72. The van der Waals surface area contributed by atoms with Gasteiger partial charge < -0.3 is 0 Å². The van der Waals surface area contributed by atoms with Crippen molar-refractivity contribution in [2.45, 2.75) is 32.6 Å². The van der Waals surface area contributed by atoms with E-state index in [1.165, 1.54) is 0 Å². The number of amides is 1. The number of fused-ring (bicyclic) bond motifs is 1. The van der Waals surface area contributed by atoms with E-state index < -0.39 is 0 Å². The number of benzene rings is 2. The van der Waals surface area contributed by atoms with Crippen LogP contribution in [0.3, 0.4) is 0 Å². The number of halogens is 1. The number of hydrazone groups is 1. The van der Waals surface area contributed by atoms with Gasteiger partial charge >= 0.3 is 0 Å². The average molecular weight is 392 g/mol.